The van der Waals surface area contributed by atoms with Crippen LogP contribution >= 0.6 is 47.0 Å². The van der Waals surface area contributed by atoms with Gasteiger partial charge < -0.3 is 74.4 Å². The molecular weight excluding hydrogens is 1320 g/mol. The summed E-state index contributed by atoms with van der Waals surface area (Å²) in [7, 11) is -10.7. The summed E-state index contributed by atoms with van der Waals surface area (Å²) in [5.74, 6) is 3.11. The van der Waals surface area contributed by atoms with Crippen molar-refractivity contribution < 1.29 is 72.3 Å². The SMILES string of the molecule is CCO[Si](CCCSC(C)(C)C(=O)NCCCCCCNC(=O)C(C)(C)SCCC[Si](OCC)(OCC)OCC)(OCC)OCC.CCO[Si](CCCSC(C)(C)C(=O)Nc1cccc(NC(=O)C(C)(C)SCCC[Si](OCC)(OCC)OCC)c1)(OCC)OCC. The standard InChI is InChI=1S/C32H60N2O8S2Si2.C32H68N2O8S2Si2/c1-11-37-45(38-12-2,39-13-3)24-18-22-43-31(7,8)29(35)33-27-20-17-21-28(26-27)34-30(36)32(9,10)44-23-19-25-46(40-14-4,41-15-5)42-16-6;1-11-37-45(38-12-2,39-13-3)27-21-25-43-31(7,8)29(35)33-23-19-17-18-20-24-34-30(36)32(9,10)44-26-22-28-46(40-14-4,41-15-5)42-16-6/h17,20-21,26H,11-16,18-19,22-25H2,1-10H3,(H,33,35)(H,34,36);11-28H2,1-10H3,(H,33,35)(H,34,36). The van der Waals surface area contributed by atoms with Crippen LogP contribution in [0, 0.1) is 0 Å². The van der Waals surface area contributed by atoms with E-state index in [1.165, 1.54) is 0 Å². The molecule has 0 bridgehead atoms. The number of thioether (sulfide) groups is 4. The second kappa shape index (κ2) is 50.2. The molecule has 4 amide bonds. The molecule has 28 heteroatoms. The number of nitrogens with one attached hydrogen (secondary N) is 4. The molecule has 1 rings (SSSR count). The maximum atomic E-state index is 13.3. The zero-order valence-electron chi connectivity index (χ0n) is 60.7. The fourth-order valence-corrected chi connectivity index (χ4v) is 24.8. The lowest BCUT2D eigenvalue weighted by atomic mass is 10.1. The quantitative estimate of drug-likeness (QED) is 0.0351. The monoisotopic (exact) mass is 1450 g/mol. The topological polar surface area (TPSA) is 227 Å². The van der Waals surface area contributed by atoms with Crippen LogP contribution in [-0.2, 0) is 72.3 Å². The lowest BCUT2D eigenvalue weighted by Gasteiger charge is -2.29. The molecular formula is C64H128N4O16S4Si4. The van der Waals surface area contributed by atoms with E-state index in [0.717, 1.165) is 86.5 Å². The largest absolute Gasteiger partial charge is 0.500 e. The van der Waals surface area contributed by atoms with Crippen LogP contribution in [0.25, 0.3) is 0 Å². The molecule has 0 fully saturated rings. The summed E-state index contributed by atoms with van der Waals surface area (Å²) in [6, 6.07) is 10.2. The highest BCUT2D eigenvalue weighted by Crippen LogP contribution is 2.34. The van der Waals surface area contributed by atoms with Crippen LogP contribution in [0.1, 0.15) is 190 Å². The number of benzene rings is 1. The molecule has 1 aromatic carbocycles. The normalized spacial score (nSPS) is 12.8. The van der Waals surface area contributed by atoms with Gasteiger partial charge in [0, 0.05) is 128 Å². The Morgan fingerprint density at radius 2 is 0.533 bits per heavy atom. The summed E-state index contributed by atoms with van der Waals surface area (Å²) in [5, 5.41) is 12.3. The van der Waals surface area contributed by atoms with Crippen molar-refractivity contribution >= 4 is 117 Å². The molecule has 0 radical (unpaired) electrons. The maximum absolute atomic E-state index is 13.3. The van der Waals surface area contributed by atoms with E-state index in [0.29, 0.717) is 116 Å². The Morgan fingerprint density at radius 1 is 0.326 bits per heavy atom. The van der Waals surface area contributed by atoms with E-state index in [4.69, 9.17) is 53.1 Å². The molecule has 4 N–H and O–H groups in total. The number of anilines is 2. The van der Waals surface area contributed by atoms with Crippen molar-refractivity contribution in [1.29, 1.82) is 0 Å². The molecule has 0 spiro atoms. The number of carbonyl (C=O) groups excluding carboxylic acids is 4. The molecule has 0 saturated heterocycles. The molecule has 0 heterocycles. The Kier molecular flexibility index (Phi) is 49.6. The lowest BCUT2D eigenvalue weighted by Crippen LogP contribution is -2.46. The Morgan fingerprint density at radius 3 is 0.739 bits per heavy atom. The Balaban J connectivity index is 0.00000180. The van der Waals surface area contributed by atoms with Crippen molar-refractivity contribution in [3.8, 4) is 0 Å². The number of hydrogen-bond acceptors (Lipinski definition) is 20. The number of hydrogen-bond donors (Lipinski definition) is 4. The molecule has 20 nitrogen and oxygen atoms in total. The third-order valence-electron chi connectivity index (χ3n) is 14.0. The average molecular weight is 1450 g/mol. The van der Waals surface area contributed by atoms with Gasteiger partial charge in [0.1, 0.15) is 0 Å². The molecule has 0 aliphatic heterocycles. The summed E-state index contributed by atoms with van der Waals surface area (Å²) in [6.07, 6.45) is 7.23. The fourth-order valence-electron chi connectivity index (χ4n) is 9.40. The second-order valence-corrected chi connectivity index (χ2v) is 41.0. The second-order valence-electron chi connectivity index (χ2n) is 23.2. The van der Waals surface area contributed by atoms with Crippen molar-refractivity contribution in [3.63, 3.8) is 0 Å². The van der Waals surface area contributed by atoms with Crippen molar-refractivity contribution in [1.82, 2.24) is 10.6 Å². The van der Waals surface area contributed by atoms with Crippen LogP contribution < -0.4 is 21.3 Å². The van der Waals surface area contributed by atoms with Gasteiger partial charge in [0.05, 0.1) is 19.0 Å². The lowest BCUT2D eigenvalue weighted by molar-refractivity contribution is -0.123. The third kappa shape index (κ3) is 37.2. The van der Waals surface area contributed by atoms with Gasteiger partial charge in [-0.05, 0) is 218 Å². The van der Waals surface area contributed by atoms with Crippen LogP contribution in [0.2, 0.25) is 24.2 Å². The van der Waals surface area contributed by atoms with Crippen LogP contribution in [0.4, 0.5) is 11.4 Å². The first-order chi connectivity index (χ1) is 43.6. The average Bonchev–Trinajstić information content (AvgIpc) is 1.87. The first-order valence-electron chi connectivity index (χ1n) is 34.1. The first kappa shape index (κ1) is 90.9. The number of rotatable bonds is 57. The minimum Gasteiger partial charge on any atom is -0.374 e. The molecule has 0 aliphatic rings. The van der Waals surface area contributed by atoms with Crippen molar-refractivity contribution in [2.75, 3.05) is 126 Å². The predicted octanol–water partition coefficient (Wildman–Crippen LogP) is 14.1. The summed E-state index contributed by atoms with van der Waals surface area (Å²) in [4.78, 5) is 52.2. The van der Waals surface area contributed by atoms with Crippen LogP contribution in [0.15, 0.2) is 24.3 Å². The zero-order chi connectivity index (χ0) is 69.6. The van der Waals surface area contributed by atoms with Crippen LogP contribution in [0.5, 0.6) is 0 Å². The van der Waals surface area contributed by atoms with E-state index < -0.39 is 54.2 Å². The van der Waals surface area contributed by atoms with Gasteiger partial charge in [-0.2, -0.15) is 0 Å². The van der Waals surface area contributed by atoms with Gasteiger partial charge >= 0.3 is 35.2 Å². The van der Waals surface area contributed by atoms with E-state index in [-0.39, 0.29) is 23.6 Å². The van der Waals surface area contributed by atoms with Gasteiger partial charge in [0.15, 0.2) is 0 Å². The van der Waals surface area contributed by atoms with Gasteiger partial charge in [0.25, 0.3) is 0 Å². The number of carbonyl (C=O) groups is 4. The Labute approximate surface area is 579 Å². The molecule has 92 heavy (non-hydrogen) atoms. The zero-order valence-corrected chi connectivity index (χ0v) is 68.0. The van der Waals surface area contributed by atoms with E-state index in [1.54, 1.807) is 53.1 Å². The molecule has 1 aromatic rings. The summed E-state index contributed by atoms with van der Waals surface area (Å²) in [5.41, 5.74) is 1.25. The molecule has 540 valence electrons. The third-order valence-corrected chi connectivity index (χ3v) is 32.2. The highest BCUT2D eigenvalue weighted by molar-refractivity contribution is 8.02. The highest BCUT2D eigenvalue weighted by atomic mass is 32.2. The van der Waals surface area contributed by atoms with Crippen molar-refractivity contribution in [2.24, 2.45) is 0 Å². The van der Waals surface area contributed by atoms with Crippen molar-refractivity contribution in [2.45, 2.75) is 233 Å². The molecule has 0 aliphatic carbocycles. The van der Waals surface area contributed by atoms with Gasteiger partial charge in [-0.15, -0.1) is 47.0 Å². The molecule has 0 atom stereocenters. The van der Waals surface area contributed by atoms with Crippen LogP contribution in [0.3, 0.4) is 0 Å². The van der Waals surface area contributed by atoms with E-state index in [1.807, 2.05) is 157 Å². The fraction of sp³-hybridized carbons (Fsp3) is 0.844. The Bertz CT molecular complexity index is 1930. The Hall–Kier alpha value is -1.11. The van der Waals surface area contributed by atoms with E-state index in [2.05, 4.69) is 21.3 Å². The number of unbranched alkanes of at least 4 members (excludes halogenated alkanes) is 3. The highest BCUT2D eigenvalue weighted by Gasteiger charge is 2.44. The summed E-state index contributed by atoms with van der Waals surface area (Å²) >= 11 is 6.50. The van der Waals surface area contributed by atoms with Gasteiger partial charge in [-0.3, -0.25) is 19.2 Å². The molecule has 0 saturated carbocycles. The maximum Gasteiger partial charge on any atom is 0.500 e. The first-order valence-corrected chi connectivity index (χ1v) is 45.8. The van der Waals surface area contributed by atoms with Gasteiger partial charge in [-0.25, -0.2) is 0 Å². The molecule has 0 aromatic heterocycles. The van der Waals surface area contributed by atoms with E-state index >= 15 is 0 Å². The van der Waals surface area contributed by atoms with Crippen LogP contribution in [-0.4, -0.2) is 193 Å². The number of amides is 4. The smallest absolute Gasteiger partial charge is 0.374 e. The van der Waals surface area contributed by atoms with Gasteiger partial charge in [-0.1, -0.05) is 18.9 Å². The summed E-state index contributed by atoms with van der Waals surface area (Å²) in [6.45, 7) is 47.1. The predicted molar refractivity (Wildman–Crippen MR) is 395 cm³/mol. The minimum absolute atomic E-state index is 0.0640. The van der Waals surface area contributed by atoms with Crippen molar-refractivity contribution in [3.05, 3.63) is 24.3 Å². The van der Waals surface area contributed by atoms with E-state index in [9.17, 15) is 19.2 Å². The molecule has 0 unspecified atom stereocenters. The minimum atomic E-state index is -2.70. The summed E-state index contributed by atoms with van der Waals surface area (Å²) < 4.78 is 69.0. The van der Waals surface area contributed by atoms with Gasteiger partial charge in [0.2, 0.25) is 23.6 Å².